The van der Waals surface area contributed by atoms with E-state index in [2.05, 4.69) is 10.6 Å². The van der Waals surface area contributed by atoms with Crippen LogP contribution in [0.3, 0.4) is 0 Å². The van der Waals surface area contributed by atoms with Crippen molar-refractivity contribution in [1.29, 1.82) is 0 Å². The number of rotatable bonds is 7. The molecule has 0 spiro atoms. The van der Waals surface area contributed by atoms with Crippen LogP contribution in [0.15, 0.2) is 72.8 Å². The summed E-state index contributed by atoms with van der Waals surface area (Å²) in [6.45, 7) is 3.80. The van der Waals surface area contributed by atoms with Crippen molar-refractivity contribution in [2.75, 3.05) is 25.2 Å². The fourth-order valence-corrected chi connectivity index (χ4v) is 4.57. The van der Waals surface area contributed by atoms with Crippen LogP contribution in [0, 0.1) is 6.92 Å². The lowest BCUT2D eigenvalue weighted by atomic mass is 10.1. The third-order valence-electron chi connectivity index (χ3n) is 6.22. The SMILES string of the molecule is COc1ccccc1N1CC(c2nc3ccccc3n2CCOc2ccccc2C)CC1=O. The summed E-state index contributed by atoms with van der Waals surface area (Å²) in [6.07, 6.45) is 0.417. The minimum absolute atomic E-state index is 0.00623. The lowest BCUT2D eigenvalue weighted by Crippen LogP contribution is -2.25. The Kier molecular flexibility index (Phi) is 5.73. The van der Waals surface area contributed by atoms with Gasteiger partial charge in [0.1, 0.15) is 23.9 Å². The number of hydrogen-bond donors (Lipinski definition) is 0. The predicted molar refractivity (Wildman–Crippen MR) is 129 cm³/mol. The zero-order chi connectivity index (χ0) is 22.8. The number of anilines is 1. The number of benzene rings is 3. The first kappa shape index (κ1) is 21.1. The minimum atomic E-state index is -0.00623. The Morgan fingerprint density at radius 2 is 1.70 bits per heavy atom. The van der Waals surface area contributed by atoms with Gasteiger partial charge in [0.05, 0.1) is 30.4 Å². The van der Waals surface area contributed by atoms with Crippen LogP contribution in [0.4, 0.5) is 5.69 Å². The highest BCUT2D eigenvalue weighted by atomic mass is 16.5. The highest BCUT2D eigenvalue weighted by Crippen LogP contribution is 2.37. The molecular formula is C27H27N3O3. The van der Waals surface area contributed by atoms with Gasteiger partial charge in [-0.2, -0.15) is 0 Å². The van der Waals surface area contributed by atoms with Crippen LogP contribution in [0.2, 0.25) is 0 Å². The molecule has 168 valence electrons. The van der Waals surface area contributed by atoms with E-state index in [0.717, 1.165) is 33.9 Å². The number of carbonyl (C=O) groups excluding carboxylic acids is 1. The number of aromatic nitrogens is 2. The Hall–Kier alpha value is -3.80. The smallest absolute Gasteiger partial charge is 0.227 e. The number of carbonyl (C=O) groups is 1. The molecule has 4 aromatic rings. The Morgan fingerprint density at radius 3 is 2.52 bits per heavy atom. The van der Waals surface area contributed by atoms with Gasteiger partial charge >= 0.3 is 0 Å². The van der Waals surface area contributed by atoms with Gasteiger partial charge in [0.2, 0.25) is 5.91 Å². The third-order valence-corrected chi connectivity index (χ3v) is 6.22. The van der Waals surface area contributed by atoms with Gasteiger partial charge in [-0.15, -0.1) is 0 Å². The molecule has 33 heavy (non-hydrogen) atoms. The van der Waals surface area contributed by atoms with Crippen LogP contribution < -0.4 is 14.4 Å². The number of para-hydroxylation sites is 5. The maximum Gasteiger partial charge on any atom is 0.227 e. The lowest BCUT2D eigenvalue weighted by Gasteiger charge is -2.20. The molecule has 0 saturated carbocycles. The molecule has 1 saturated heterocycles. The monoisotopic (exact) mass is 441 g/mol. The average molecular weight is 442 g/mol. The summed E-state index contributed by atoms with van der Waals surface area (Å²) in [6, 6.07) is 23.8. The average Bonchev–Trinajstić information content (AvgIpc) is 3.41. The number of aryl methyl sites for hydroxylation is 1. The summed E-state index contributed by atoms with van der Waals surface area (Å²) >= 11 is 0. The molecule has 6 nitrogen and oxygen atoms in total. The molecule has 0 aliphatic carbocycles. The summed E-state index contributed by atoms with van der Waals surface area (Å²) in [4.78, 5) is 19.8. The van der Waals surface area contributed by atoms with E-state index in [1.54, 1.807) is 7.11 Å². The second-order valence-electron chi connectivity index (χ2n) is 8.30. The van der Waals surface area contributed by atoms with E-state index in [0.29, 0.717) is 31.9 Å². The molecular weight excluding hydrogens is 414 g/mol. The minimum Gasteiger partial charge on any atom is -0.495 e. The van der Waals surface area contributed by atoms with Gasteiger partial charge in [-0.3, -0.25) is 4.79 Å². The molecule has 0 N–H and O–H groups in total. The van der Waals surface area contributed by atoms with Crippen molar-refractivity contribution >= 4 is 22.6 Å². The number of hydrogen-bond acceptors (Lipinski definition) is 4. The largest absolute Gasteiger partial charge is 0.495 e. The fourth-order valence-electron chi connectivity index (χ4n) is 4.57. The van der Waals surface area contributed by atoms with Gasteiger partial charge in [-0.1, -0.05) is 42.5 Å². The topological polar surface area (TPSA) is 56.6 Å². The molecule has 2 heterocycles. The van der Waals surface area contributed by atoms with E-state index in [-0.39, 0.29) is 11.8 Å². The normalized spacial score (nSPS) is 15.9. The van der Waals surface area contributed by atoms with Crippen molar-refractivity contribution < 1.29 is 14.3 Å². The van der Waals surface area contributed by atoms with Gasteiger partial charge in [-0.25, -0.2) is 4.98 Å². The first-order valence-corrected chi connectivity index (χ1v) is 11.2. The van der Waals surface area contributed by atoms with Crippen LogP contribution in [0.5, 0.6) is 11.5 Å². The van der Waals surface area contributed by atoms with Crippen molar-refractivity contribution in [3.63, 3.8) is 0 Å². The number of fused-ring (bicyclic) bond motifs is 1. The van der Waals surface area contributed by atoms with Crippen molar-refractivity contribution in [2.45, 2.75) is 25.8 Å². The van der Waals surface area contributed by atoms with E-state index in [1.165, 1.54) is 0 Å². The van der Waals surface area contributed by atoms with Gasteiger partial charge in [0.15, 0.2) is 0 Å². The van der Waals surface area contributed by atoms with E-state index in [1.807, 2.05) is 78.6 Å². The second-order valence-corrected chi connectivity index (χ2v) is 8.30. The van der Waals surface area contributed by atoms with Gasteiger partial charge in [0, 0.05) is 18.9 Å². The zero-order valence-electron chi connectivity index (χ0n) is 18.9. The maximum atomic E-state index is 13.0. The predicted octanol–water partition coefficient (Wildman–Crippen LogP) is 4.95. The van der Waals surface area contributed by atoms with Crippen molar-refractivity contribution in [3.05, 3.63) is 84.2 Å². The first-order valence-electron chi connectivity index (χ1n) is 11.2. The molecule has 6 heteroatoms. The summed E-state index contributed by atoms with van der Waals surface area (Å²) in [5.74, 6) is 2.59. The molecule has 1 aliphatic rings. The van der Waals surface area contributed by atoms with Gasteiger partial charge in [-0.05, 0) is 42.8 Å². The van der Waals surface area contributed by atoms with Gasteiger partial charge in [0.25, 0.3) is 0 Å². The zero-order valence-corrected chi connectivity index (χ0v) is 18.9. The molecule has 3 aromatic carbocycles. The fraction of sp³-hybridized carbons (Fsp3) is 0.259. The summed E-state index contributed by atoms with van der Waals surface area (Å²) in [5.41, 5.74) is 3.91. The highest BCUT2D eigenvalue weighted by molar-refractivity contribution is 5.97. The standard InChI is InChI=1S/C27H27N3O3/c1-19-9-3-7-13-24(19)33-16-15-29-22-11-5-4-10-21(22)28-27(29)20-17-26(31)30(18-20)23-12-6-8-14-25(23)32-2/h3-14,20H,15-18H2,1-2H3. The number of imidazole rings is 1. The molecule has 1 unspecified atom stereocenters. The Balaban J connectivity index is 1.42. The molecule has 1 amide bonds. The van der Waals surface area contributed by atoms with E-state index in [9.17, 15) is 4.79 Å². The molecule has 5 rings (SSSR count). The van der Waals surface area contributed by atoms with E-state index < -0.39 is 0 Å². The van der Waals surface area contributed by atoms with Crippen LogP contribution in [-0.4, -0.2) is 35.7 Å². The van der Waals surface area contributed by atoms with Crippen molar-refractivity contribution in [3.8, 4) is 11.5 Å². The Labute approximate surface area is 193 Å². The summed E-state index contributed by atoms with van der Waals surface area (Å²) in [7, 11) is 1.63. The molecule has 1 aromatic heterocycles. The lowest BCUT2D eigenvalue weighted by molar-refractivity contribution is -0.117. The molecule has 1 atom stereocenters. The van der Waals surface area contributed by atoms with E-state index >= 15 is 0 Å². The first-order chi connectivity index (χ1) is 16.2. The quantitative estimate of drug-likeness (QED) is 0.407. The van der Waals surface area contributed by atoms with Crippen molar-refractivity contribution in [1.82, 2.24) is 9.55 Å². The van der Waals surface area contributed by atoms with Crippen molar-refractivity contribution in [2.24, 2.45) is 0 Å². The molecule has 0 bridgehead atoms. The molecule has 1 fully saturated rings. The second kappa shape index (κ2) is 8.98. The van der Waals surface area contributed by atoms with Crippen LogP contribution in [0.1, 0.15) is 23.7 Å². The maximum absolute atomic E-state index is 13.0. The van der Waals surface area contributed by atoms with Crippen LogP contribution >= 0.6 is 0 Å². The molecule has 1 aliphatic heterocycles. The third kappa shape index (κ3) is 4.04. The van der Waals surface area contributed by atoms with E-state index in [4.69, 9.17) is 14.5 Å². The molecule has 0 radical (unpaired) electrons. The van der Waals surface area contributed by atoms with Crippen LogP contribution in [-0.2, 0) is 11.3 Å². The Morgan fingerprint density at radius 1 is 0.970 bits per heavy atom. The number of nitrogens with zero attached hydrogens (tertiary/aromatic N) is 3. The van der Waals surface area contributed by atoms with Crippen LogP contribution in [0.25, 0.3) is 11.0 Å². The summed E-state index contributed by atoms with van der Waals surface area (Å²) in [5, 5.41) is 0. The number of methoxy groups -OCH3 is 1. The van der Waals surface area contributed by atoms with Gasteiger partial charge < -0.3 is 18.9 Å². The Bertz CT molecular complexity index is 1300. The summed E-state index contributed by atoms with van der Waals surface area (Å²) < 4.78 is 13.8. The number of amides is 1. The highest BCUT2D eigenvalue weighted by Gasteiger charge is 2.35. The number of ether oxygens (including phenoxy) is 2.